The third-order valence-electron chi connectivity index (χ3n) is 6.21. The number of nitrogens with one attached hydrogen (secondary N) is 2. The summed E-state index contributed by atoms with van der Waals surface area (Å²) in [5.41, 5.74) is 1.72. The second-order valence-electron chi connectivity index (χ2n) is 8.35. The van der Waals surface area contributed by atoms with E-state index < -0.39 is 0 Å². The van der Waals surface area contributed by atoms with Gasteiger partial charge in [-0.3, -0.25) is 0 Å². The summed E-state index contributed by atoms with van der Waals surface area (Å²) in [7, 11) is 0. The molecule has 2 aromatic rings. The van der Waals surface area contributed by atoms with Crippen molar-refractivity contribution in [2.75, 3.05) is 29.9 Å². The molecule has 8 heteroatoms. The molecule has 0 radical (unpaired) electrons. The SMILES string of the molecule is Cc1nc(N2CCC(C3CCCCN3)C2)nc(NC(C)c2ccc(Cl)cc2Cl)c1Cl. The minimum absolute atomic E-state index is 0.0767. The van der Waals surface area contributed by atoms with Gasteiger partial charge in [0, 0.05) is 29.2 Å². The van der Waals surface area contributed by atoms with Gasteiger partial charge in [-0.2, -0.15) is 4.98 Å². The van der Waals surface area contributed by atoms with Crippen LogP contribution in [0.4, 0.5) is 11.8 Å². The molecule has 0 aliphatic carbocycles. The number of hydrogen-bond acceptors (Lipinski definition) is 5. The summed E-state index contributed by atoms with van der Waals surface area (Å²) in [6.07, 6.45) is 5.05. The van der Waals surface area contributed by atoms with Crippen molar-refractivity contribution in [2.24, 2.45) is 5.92 Å². The summed E-state index contributed by atoms with van der Waals surface area (Å²) in [6.45, 7) is 7.05. The minimum Gasteiger partial charge on any atom is -0.362 e. The van der Waals surface area contributed by atoms with Crippen LogP contribution in [0, 0.1) is 12.8 Å². The number of halogens is 3. The van der Waals surface area contributed by atoms with Gasteiger partial charge in [-0.1, -0.05) is 47.3 Å². The van der Waals surface area contributed by atoms with Crippen LogP contribution in [0.5, 0.6) is 0 Å². The first-order valence-corrected chi connectivity index (χ1v) is 11.8. The van der Waals surface area contributed by atoms with Crippen molar-refractivity contribution < 1.29 is 0 Å². The second-order valence-corrected chi connectivity index (χ2v) is 9.58. The van der Waals surface area contributed by atoms with Gasteiger partial charge in [0.1, 0.15) is 5.02 Å². The maximum atomic E-state index is 6.55. The van der Waals surface area contributed by atoms with Crippen LogP contribution in [0.15, 0.2) is 18.2 Å². The Morgan fingerprint density at radius 1 is 1.17 bits per heavy atom. The Kier molecular flexibility index (Phi) is 6.93. The third kappa shape index (κ3) is 4.80. The molecule has 3 atom stereocenters. The number of benzene rings is 1. The first-order chi connectivity index (χ1) is 14.4. The highest BCUT2D eigenvalue weighted by molar-refractivity contribution is 6.35. The van der Waals surface area contributed by atoms with Crippen LogP contribution >= 0.6 is 34.8 Å². The Morgan fingerprint density at radius 3 is 2.73 bits per heavy atom. The summed E-state index contributed by atoms with van der Waals surface area (Å²) in [6, 6.07) is 6.04. The predicted molar refractivity (Wildman–Crippen MR) is 126 cm³/mol. The lowest BCUT2D eigenvalue weighted by molar-refractivity contribution is 0.311. The lowest BCUT2D eigenvalue weighted by atomic mass is 9.91. The molecule has 2 aliphatic heterocycles. The monoisotopic (exact) mass is 467 g/mol. The van der Waals surface area contributed by atoms with Crippen molar-refractivity contribution in [3.63, 3.8) is 0 Å². The Morgan fingerprint density at radius 2 is 2.00 bits per heavy atom. The van der Waals surface area contributed by atoms with Crippen molar-refractivity contribution in [3.8, 4) is 0 Å². The summed E-state index contributed by atoms with van der Waals surface area (Å²) in [5.74, 6) is 2.03. The van der Waals surface area contributed by atoms with E-state index in [0.29, 0.717) is 32.8 Å². The lowest BCUT2D eigenvalue weighted by Crippen LogP contribution is -2.41. The summed E-state index contributed by atoms with van der Waals surface area (Å²) >= 11 is 19.0. The number of anilines is 2. The Hall–Kier alpha value is -1.27. The summed E-state index contributed by atoms with van der Waals surface area (Å²) in [5, 5.41) is 8.89. The van der Waals surface area contributed by atoms with E-state index in [1.165, 1.54) is 25.7 Å². The molecule has 162 valence electrons. The third-order valence-corrected chi connectivity index (χ3v) is 7.23. The van der Waals surface area contributed by atoms with E-state index in [9.17, 15) is 0 Å². The molecule has 3 heterocycles. The number of aryl methyl sites for hydroxylation is 1. The molecule has 0 bridgehead atoms. The van der Waals surface area contributed by atoms with E-state index in [4.69, 9.17) is 39.8 Å². The van der Waals surface area contributed by atoms with Gasteiger partial charge in [-0.15, -0.1) is 0 Å². The van der Waals surface area contributed by atoms with Crippen LogP contribution in [0.3, 0.4) is 0 Å². The Bertz CT molecular complexity index is 901. The van der Waals surface area contributed by atoms with E-state index in [1.54, 1.807) is 6.07 Å². The van der Waals surface area contributed by atoms with Crippen molar-refractivity contribution >= 4 is 46.6 Å². The zero-order valence-electron chi connectivity index (χ0n) is 17.4. The predicted octanol–water partition coefficient (Wildman–Crippen LogP) is 5.89. The first-order valence-electron chi connectivity index (χ1n) is 10.7. The van der Waals surface area contributed by atoms with Crippen LogP contribution in [-0.2, 0) is 0 Å². The fourth-order valence-corrected chi connectivity index (χ4v) is 5.21. The van der Waals surface area contributed by atoms with Crippen molar-refractivity contribution in [1.29, 1.82) is 0 Å². The highest BCUT2D eigenvalue weighted by atomic mass is 35.5. The molecule has 0 spiro atoms. The van der Waals surface area contributed by atoms with Crippen molar-refractivity contribution in [3.05, 3.63) is 44.5 Å². The van der Waals surface area contributed by atoms with E-state index in [-0.39, 0.29) is 6.04 Å². The molecular weight excluding hydrogens is 441 g/mol. The van der Waals surface area contributed by atoms with Gasteiger partial charge in [0.2, 0.25) is 5.95 Å². The Labute approximate surface area is 193 Å². The topological polar surface area (TPSA) is 53.1 Å². The highest BCUT2D eigenvalue weighted by Crippen LogP contribution is 2.33. The first kappa shape index (κ1) is 21.9. The van der Waals surface area contributed by atoms with Gasteiger partial charge in [0.15, 0.2) is 5.82 Å². The van der Waals surface area contributed by atoms with Gasteiger partial charge in [0.25, 0.3) is 0 Å². The molecule has 4 rings (SSSR count). The quantitative estimate of drug-likeness (QED) is 0.573. The van der Waals surface area contributed by atoms with Crippen molar-refractivity contribution in [1.82, 2.24) is 15.3 Å². The van der Waals surface area contributed by atoms with Crippen LogP contribution in [0.25, 0.3) is 0 Å². The average Bonchev–Trinajstić information content (AvgIpc) is 3.22. The molecule has 0 saturated carbocycles. The number of rotatable bonds is 5. The summed E-state index contributed by atoms with van der Waals surface area (Å²) < 4.78 is 0. The van der Waals surface area contributed by atoms with E-state index in [1.807, 2.05) is 26.0 Å². The standard InChI is InChI=1S/C22H28Cl3N5/c1-13(17-7-6-16(23)11-18(17)24)27-21-20(25)14(2)28-22(29-21)30-10-8-15(12-30)19-5-3-4-9-26-19/h6-7,11,13,15,19,26H,3-5,8-10,12H2,1-2H3,(H,27,28,29). The van der Waals surface area contributed by atoms with Gasteiger partial charge in [-0.25, -0.2) is 4.98 Å². The second kappa shape index (κ2) is 9.47. The maximum absolute atomic E-state index is 6.55. The number of hydrogen-bond donors (Lipinski definition) is 2. The molecule has 3 unspecified atom stereocenters. The van der Waals surface area contributed by atoms with Gasteiger partial charge in [0.05, 0.1) is 11.7 Å². The van der Waals surface area contributed by atoms with Crippen LogP contribution < -0.4 is 15.5 Å². The molecule has 2 aliphatic rings. The zero-order valence-corrected chi connectivity index (χ0v) is 19.7. The molecule has 2 saturated heterocycles. The molecule has 2 N–H and O–H groups in total. The normalized spacial score (nSPS) is 22.9. The van der Waals surface area contributed by atoms with Gasteiger partial charge >= 0.3 is 0 Å². The zero-order chi connectivity index (χ0) is 21.3. The van der Waals surface area contributed by atoms with Crippen LogP contribution in [0.2, 0.25) is 15.1 Å². The smallest absolute Gasteiger partial charge is 0.227 e. The molecule has 0 amide bonds. The fraction of sp³-hybridized carbons (Fsp3) is 0.545. The minimum atomic E-state index is -0.0767. The number of aromatic nitrogens is 2. The molecule has 1 aromatic heterocycles. The van der Waals surface area contributed by atoms with Gasteiger partial charge < -0.3 is 15.5 Å². The number of nitrogens with zero attached hydrogens (tertiary/aromatic N) is 3. The number of piperidine rings is 1. The molecule has 30 heavy (non-hydrogen) atoms. The fourth-order valence-electron chi connectivity index (χ4n) is 4.50. The van der Waals surface area contributed by atoms with Crippen LogP contribution in [-0.4, -0.2) is 35.6 Å². The highest BCUT2D eigenvalue weighted by Gasteiger charge is 2.32. The van der Waals surface area contributed by atoms with Crippen molar-refractivity contribution in [2.45, 2.75) is 51.6 Å². The van der Waals surface area contributed by atoms with E-state index in [2.05, 4.69) is 20.5 Å². The molecule has 5 nitrogen and oxygen atoms in total. The molecule has 2 fully saturated rings. The summed E-state index contributed by atoms with van der Waals surface area (Å²) in [4.78, 5) is 11.8. The van der Waals surface area contributed by atoms with Crippen LogP contribution in [0.1, 0.15) is 49.9 Å². The van der Waals surface area contributed by atoms with E-state index >= 15 is 0 Å². The lowest BCUT2D eigenvalue weighted by Gasteiger charge is -2.29. The molecule has 1 aromatic carbocycles. The van der Waals surface area contributed by atoms with Gasteiger partial charge in [-0.05, 0) is 63.3 Å². The maximum Gasteiger partial charge on any atom is 0.227 e. The van der Waals surface area contributed by atoms with E-state index in [0.717, 1.165) is 36.8 Å². The Balaban J connectivity index is 1.51. The molecular formula is C22H28Cl3N5. The average molecular weight is 469 g/mol. The largest absolute Gasteiger partial charge is 0.362 e.